The second-order valence-corrected chi connectivity index (χ2v) is 8.92. The maximum Gasteiger partial charge on any atom is 0.304 e. The van der Waals surface area contributed by atoms with Gasteiger partial charge in [0.25, 0.3) is 11.8 Å². The summed E-state index contributed by atoms with van der Waals surface area (Å²) in [4.78, 5) is 12.8. The van der Waals surface area contributed by atoms with Crippen LogP contribution in [-0.4, -0.2) is 33.0 Å². The molecule has 0 spiro atoms. The summed E-state index contributed by atoms with van der Waals surface area (Å²) in [6, 6.07) is 3.18. The van der Waals surface area contributed by atoms with Crippen molar-refractivity contribution in [3.05, 3.63) is 60.0 Å². The molecule has 28 heavy (non-hydrogen) atoms. The van der Waals surface area contributed by atoms with Crippen LogP contribution in [0, 0.1) is 5.92 Å². The van der Waals surface area contributed by atoms with E-state index in [4.69, 9.17) is 0 Å². The summed E-state index contributed by atoms with van der Waals surface area (Å²) < 4.78 is 55.1. The Labute approximate surface area is 162 Å². The SMILES string of the molecule is C=C1C=C(NC(=O)c2ccc[n+]3c2N(C)S(=O)(=O)CC3)C=CC1C(F)(F)CC. The number of halogens is 2. The Morgan fingerprint density at radius 1 is 1.46 bits per heavy atom. The number of anilines is 1. The van der Waals surface area contributed by atoms with Crippen molar-refractivity contribution in [1.82, 2.24) is 5.32 Å². The van der Waals surface area contributed by atoms with Crippen LogP contribution in [-0.2, 0) is 16.6 Å². The number of alkyl halides is 2. The molecule has 1 atom stereocenters. The highest BCUT2D eigenvalue weighted by molar-refractivity contribution is 7.92. The summed E-state index contributed by atoms with van der Waals surface area (Å²) >= 11 is 0. The number of rotatable bonds is 4. The number of carbonyl (C=O) groups is 1. The van der Waals surface area contributed by atoms with Crippen molar-refractivity contribution < 1.29 is 26.6 Å². The second kappa shape index (κ2) is 7.12. The molecule has 1 aromatic rings. The Balaban J connectivity index is 1.86. The molecule has 0 fully saturated rings. The van der Waals surface area contributed by atoms with Crippen LogP contribution in [0.1, 0.15) is 23.7 Å². The minimum absolute atomic E-state index is 0.0486. The first-order valence-electron chi connectivity index (χ1n) is 8.84. The van der Waals surface area contributed by atoms with E-state index in [1.54, 1.807) is 16.8 Å². The van der Waals surface area contributed by atoms with Gasteiger partial charge in [-0.2, -0.15) is 12.7 Å². The fourth-order valence-electron chi connectivity index (χ4n) is 3.30. The fourth-order valence-corrected chi connectivity index (χ4v) is 4.47. The van der Waals surface area contributed by atoms with E-state index in [9.17, 15) is 22.0 Å². The van der Waals surface area contributed by atoms with Crippen LogP contribution in [0.3, 0.4) is 0 Å². The van der Waals surface area contributed by atoms with Gasteiger partial charge in [0.2, 0.25) is 0 Å². The molecule has 0 radical (unpaired) electrons. The molecular weight excluding hydrogens is 388 g/mol. The molecule has 0 saturated heterocycles. The third-order valence-electron chi connectivity index (χ3n) is 4.99. The summed E-state index contributed by atoms with van der Waals surface area (Å²) in [6.45, 7) is 5.34. The Morgan fingerprint density at radius 2 is 2.18 bits per heavy atom. The summed E-state index contributed by atoms with van der Waals surface area (Å²) in [5, 5.41) is 2.65. The van der Waals surface area contributed by atoms with E-state index in [-0.39, 0.29) is 35.7 Å². The Kier molecular flexibility index (Phi) is 5.14. The number of hydrogen-bond donors (Lipinski definition) is 1. The fraction of sp³-hybridized carbons (Fsp3) is 0.368. The summed E-state index contributed by atoms with van der Waals surface area (Å²) in [6.07, 6.45) is 5.55. The standard InChI is InChI=1S/C19H21F2N3O3S/c1-4-19(20,21)16-8-7-14(12-13(16)2)22-17(25)15-6-5-9-24-10-11-28(26,27)23(3)18(15)24/h5-9,12,16H,2,4,10-11H2,1,3H3/p+1. The van der Waals surface area contributed by atoms with E-state index in [0.29, 0.717) is 5.70 Å². The smallest absolute Gasteiger partial charge is 0.304 e. The Hall–Kier alpha value is -2.55. The predicted molar refractivity (Wildman–Crippen MR) is 101 cm³/mol. The topological polar surface area (TPSA) is 70.4 Å². The van der Waals surface area contributed by atoms with Gasteiger partial charge in [-0.05, 0) is 29.9 Å². The van der Waals surface area contributed by atoms with Crippen molar-refractivity contribution in [3.63, 3.8) is 0 Å². The molecule has 150 valence electrons. The Morgan fingerprint density at radius 3 is 2.82 bits per heavy atom. The average molecular weight is 410 g/mol. The minimum atomic E-state index is -3.49. The maximum atomic E-state index is 14.0. The van der Waals surface area contributed by atoms with E-state index in [2.05, 4.69) is 11.9 Å². The highest BCUT2D eigenvalue weighted by atomic mass is 32.2. The lowest BCUT2D eigenvalue weighted by Gasteiger charge is -2.27. The minimum Gasteiger partial charge on any atom is -0.322 e. The molecule has 1 N–H and O–H groups in total. The molecular formula is C19H22F2N3O3S+. The highest BCUT2D eigenvalue weighted by Gasteiger charge is 2.39. The van der Waals surface area contributed by atoms with Crippen molar-refractivity contribution in [2.24, 2.45) is 5.92 Å². The molecule has 1 aliphatic carbocycles. The quantitative estimate of drug-likeness (QED) is 0.774. The van der Waals surface area contributed by atoms with Crippen LogP contribution in [0.4, 0.5) is 14.6 Å². The van der Waals surface area contributed by atoms with Crippen LogP contribution in [0.2, 0.25) is 0 Å². The second-order valence-electron chi connectivity index (χ2n) is 6.80. The average Bonchev–Trinajstić information content (AvgIpc) is 2.64. The van der Waals surface area contributed by atoms with Crippen LogP contribution in [0.15, 0.2) is 54.4 Å². The van der Waals surface area contributed by atoms with Crippen molar-refractivity contribution in [1.29, 1.82) is 0 Å². The zero-order chi connectivity index (χ0) is 20.7. The summed E-state index contributed by atoms with van der Waals surface area (Å²) in [5.74, 6) is -4.34. The first-order chi connectivity index (χ1) is 13.1. The maximum absolute atomic E-state index is 14.0. The predicted octanol–water partition coefficient (Wildman–Crippen LogP) is 2.15. The van der Waals surface area contributed by atoms with Gasteiger partial charge in [0, 0.05) is 12.1 Å². The Bertz CT molecular complexity index is 1000. The molecule has 2 heterocycles. The van der Waals surface area contributed by atoms with Gasteiger partial charge in [0.15, 0.2) is 0 Å². The number of amides is 1. The number of sulfonamides is 1. The number of aryl methyl sites for hydroxylation is 1. The molecule has 2 aliphatic rings. The molecule has 1 aromatic heterocycles. The first-order valence-corrected chi connectivity index (χ1v) is 10.4. The van der Waals surface area contributed by atoms with Crippen molar-refractivity contribution in [3.8, 4) is 0 Å². The summed E-state index contributed by atoms with van der Waals surface area (Å²) in [5.41, 5.74) is 0.699. The normalized spacial score (nSPS) is 21.1. The monoisotopic (exact) mass is 410 g/mol. The molecule has 0 bridgehead atoms. The van der Waals surface area contributed by atoms with Gasteiger partial charge in [0.05, 0.1) is 19.2 Å². The van der Waals surface area contributed by atoms with E-state index < -0.39 is 27.8 Å². The van der Waals surface area contributed by atoms with Crippen molar-refractivity contribution >= 4 is 21.7 Å². The lowest BCUT2D eigenvalue weighted by molar-refractivity contribution is -0.681. The van der Waals surface area contributed by atoms with Crippen LogP contribution in [0.5, 0.6) is 0 Å². The van der Waals surface area contributed by atoms with Crippen molar-refractivity contribution in [2.45, 2.75) is 25.8 Å². The molecule has 1 unspecified atom stereocenters. The number of nitrogens with one attached hydrogen (secondary N) is 1. The lowest BCUT2D eigenvalue weighted by atomic mass is 9.87. The number of carbonyl (C=O) groups excluding carboxylic acids is 1. The molecule has 6 nitrogen and oxygen atoms in total. The first kappa shape index (κ1) is 20.2. The zero-order valence-corrected chi connectivity index (χ0v) is 16.5. The van der Waals surface area contributed by atoms with Gasteiger partial charge >= 0.3 is 15.8 Å². The third kappa shape index (κ3) is 3.58. The highest BCUT2D eigenvalue weighted by Crippen LogP contribution is 2.36. The molecule has 9 heteroatoms. The summed E-state index contributed by atoms with van der Waals surface area (Å²) in [7, 11) is -2.09. The zero-order valence-electron chi connectivity index (χ0n) is 15.7. The van der Waals surface area contributed by atoms with Gasteiger partial charge < -0.3 is 5.32 Å². The molecule has 1 amide bonds. The molecule has 0 saturated carbocycles. The molecule has 3 rings (SSSR count). The number of aromatic nitrogens is 1. The number of hydrogen-bond acceptors (Lipinski definition) is 3. The molecule has 0 aromatic carbocycles. The number of pyridine rings is 1. The van der Waals surface area contributed by atoms with Crippen LogP contribution >= 0.6 is 0 Å². The van der Waals surface area contributed by atoms with Gasteiger partial charge in [-0.1, -0.05) is 19.6 Å². The van der Waals surface area contributed by atoms with Gasteiger partial charge in [-0.3, -0.25) is 4.79 Å². The third-order valence-corrected chi connectivity index (χ3v) is 6.69. The molecule has 1 aliphatic heterocycles. The number of allylic oxidation sites excluding steroid dienone is 4. The van der Waals surface area contributed by atoms with E-state index in [1.807, 2.05) is 0 Å². The van der Waals surface area contributed by atoms with Crippen LogP contribution < -0.4 is 14.2 Å². The van der Waals surface area contributed by atoms with E-state index in [1.165, 1.54) is 38.3 Å². The largest absolute Gasteiger partial charge is 0.322 e. The van der Waals surface area contributed by atoms with E-state index >= 15 is 0 Å². The lowest BCUT2D eigenvalue weighted by Crippen LogP contribution is -2.52. The number of fused-ring (bicyclic) bond motifs is 1. The van der Waals surface area contributed by atoms with Gasteiger partial charge in [-0.25, -0.2) is 13.3 Å². The van der Waals surface area contributed by atoms with Gasteiger partial charge in [-0.15, -0.1) is 0 Å². The van der Waals surface area contributed by atoms with Gasteiger partial charge in [0.1, 0.15) is 17.9 Å². The van der Waals surface area contributed by atoms with E-state index in [0.717, 1.165) is 4.31 Å². The van der Waals surface area contributed by atoms with Crippen LogP contribution in [0.25, 0.3) is 0 Å². The number of nitrogens with zero attached hydrogens (tertiary/aromatic N) is 2. The van der Waals surface area contributed by atoms with Crippen molar-refractivity contribution in [2.75, 3.05) is 17.1 Å².